The van der Waals surface area contributed by atoms with E-state index in [1.54, 1.807) is 26.4 Å². The van der Waals surface area contributed by atoms with Crippen LogP contribution in [0.1, 0.15) is 22.3 Å². The van der Waals surface area contributed by atoms with Crippen LogP contribution in [0.15, 0.2) is 52.3 Å². The first-order valence-electron chi connectivity index (χ1n) is 8.87. The molecule has 0 radical (unpaired) electrons. The summed E-state index contributed by atoms with van der Waals surface area (Å²) >= 11 is 1.38. The number of anilines is 1. The third kappa shape index (κ3) is 4.94. The molecule has 0 fully saturated rings. The molecule has 1 aliphatic rings. The van der Waals surface area contributed by atoms with Crippen LogP contribution in [0.3, 0.4) is 0 Å². The van der Waals surface area contributed by atoms with E-state index < -0.39 is 0 Å². The molecule has 2 aromatic rings. The molecule has 146 valence electrons. The first kappa shape index (κ1) is 20.0. The Morgan fingerprint density at radius 2 is 1.96 bits per heavy atom. The zero-order valence-corrected chi connectivity index (χ0v) is 16.6. The molecular weight excluding hydrogens is 376 g/mol. The number of methoxy groups -OCH3 is 2. The Bertz CT molecular complexity index is 894. The standard InChI is InChI=1S/C21H22N2O4S/c1-26-11-3-10-22-20(24)15-6-9-18-17(13-15)23-21(25)19(28-18)12-14-4-7-16(27-2)8-5-14/h4-9,12-13H,3,10-11H2,1-2H3,(H,22,24)(H,23,25)/b19-12+. The van der Waals surface area contributed by atoms with Gasteiger partial charge in [0, 0.05) is 30.7 Å². The minimum absolute atomic E-state index is 0.169. The fourth-order valence-corrected chi connectivity index (χ4v) is 3.61. The van der Waals surface area contributed by atoms with E-state index in [0.29, 0.717) is 29.3 Å². The molecule has 0 atom stereocenters. The average Bonchev–Trinajstić information content (AvgIpc) is 2.72. The van der Waals surface area contributed by atoms with Gasteiger partial charge in [-0.05, 0) is 48.4 Å². The lowest BCUT2D eigenvalue weighted by Crippen LogP contribution is -2.25. The molecule has 7 heteroatoms. The van der Waals surface area contributed by atoms with E-state index in [0.717, 1.165) is 22.6 Å². The molecule has 0 saturated heterocycles. The molecule has 2 N–H and O–H groups in total. The van der Waals surface area contributed by atoms with Crippen molar-refractivity contribution in [1.82, 2.24) is 5.32 Å². The van der Waals surface area contributed by atoms with Crippen LogP contribution >= 0.6 is 11.8 Å². The van der Waals surface area contributed by atoms with Crippen molar-refractivity contribution in [2.24, 2.45) is 0 Å². The Hall–Kier alpha value is -2.77. The second kappa shape index (κ2) is 9.43. The van der Waals surface area contributed by atoms with Gasteiger partial charge in [-0.3, -0.25) is 9.59 Å². The number of hydrogen-bond donors (Lipinski definition) is 2. The second-order valence-corrected chi connectivity index (χ2v) is 7.23. The Balaban J connectivity index is 1.71. The number of carbonyl (C=O) groups excluding carboxylic acids is 2. The maximum absolute atomic E-state index is 12.5. The van der Waals surface area contributed by atoms with Gasteiger partial charge in [0.25, 0.3) is 11.8 Å². The van der Waals surface area contributed by atoms with Crippen molar-refractivity contribution in [2.75, 3.05) is 32.7 Å². The number of benzene rings is 2. The fourth-order valence-electron chi connectivity index (χ4n) is 2.67. The Morgan fingerprint density at radius 1 is 1.18 bits per heavy atom. The predicted octanol–water partition coefficient (Wildman–Crippen LogP) is 3.55. The Morgan fingerprint density at radius 3 is 2.68 bits per heavy atom. The van der Waals surface area contributed by atoms with Crippen LogP contribution in [0.5, 0.6) is 5.75 Å². The van der Waals surface area contributed by atoms with Gasteiger partial charge in [-0.15, -0.1) is 0 Å². The van der Waals surface area contributed by atoms with Gasteiger partial charge in [-0.1, -0.05) is 23.9 Å². The van der Waals surface area contributed by atoms with Crippen molar-refractivity contribution in [3.05, 3.63) is 58.5 Å². The smallest absolute Gasteiger partial charge is 0.262 e. The minimum atomic E-state index is -0.189. The van der Waals surface area contributed by atoms with Gasteiger partial charge < -0.3 is 20.1 Å². The summed E-state index contributed by atoms with van der Waals surface area (Å²) in [6, 6.07) is 12.8. The highest BCUT2D eigenvalue weighted by molar-refractivity contribution is 8.04. The van der Waals surface area contributed by atoms with Crippen molar-refractivity contribution in [2.45, 2.75) is 11.3 Å². The third-order valence-electron chi connectivity index (χ3n) is 4.16. The van der Waals surface area contributed by atoms with Gasteiger partial charge in [0.15, 0.2) is 0 Å². The first-order valence-corrected chi connectivity index (χ1v) is 9.68. The van der Waals surface area contributed by atoms with Gasteiger partial charge in [0.05, 0.1) is 17.7 Å². The number of fused-ring (bicyclic) bond motifs is 1. The molecule has 0 aliphatic carbocycles. The summed E-state index contributed by atoms with van der Waals surface area (Å²) in [4.78, 5) is 26.2. The highest BCUT2D eigenvalue weighted by Gasteiger charge is 2.22. The van der Waals surface area contributed by atoms with E-state index in [9.17, 15) is 9.59 Å². The van der Waals surface area contributed by atoms with E-state index in [1.807, 2.05) is 36.4 Å². The fraction of sp³-hybridized carbons (Fsp3) is 0.238. The molecule has 0 saturated carbocycles. The van der Waals surface area contributed by atoms with Crippen LogP contribution < -0.4 is 15.4 Å². The summed E-state index contributed by atoms with van der Waals surface area (Å²) in [6.45, 7) is 1.14. The van der Waals surface area contributed by atoms with Crippen molar-refractivity contribution >= 4 is 35.3 Å². The zero-order chi connectivity index (χ0) is 19.9. The molecule has 0 aromatic heterocycles. The topological polar surface area (TPSA) is 76.7 Å². The summed E-state index contributed by atoms with van der Waals surface area (Å²) in [5, 5.41) is 5.71. The number of hydrogen-bond acceptors (Lipinski definition) is 5. The van der Waals surface area contributed by atoms with Crippen LogP contribution in [-0.4, -0.2) is 39.2 Å². The van der Waals surface area contributed by atoms with Crippen molar-refractivity contribution in [1.29, 1.82) is 0 Å². The van der Waals surface area contributed by atoms with Gasteiger partial charge >= 0.3 is 0 Å². The highest BCUT2D eigenvalue weighted by Crippen LogP contribution is 2.39. The van der Waals surface area contributed by atoms with Gasteiger partial charge in [-0.2, -0.15) is 0 Å². The first-order chi connectivity index (χ1) is 13.6. The lowest BCUT2D eigenvalue weighted by atomic mass is 10.1. The summed E-state index contributed by atoms with van der Waals surface area (Å²) in [5.41, 5.74) is 2.07. The monoisotopic (exact) mass is 398 g/mol. The number of amides is 2. The number of ether oxygens (including phenoxy) is 2. The summed E-state index contributed by atoms with van der Waals surface area (Å²) in [6.07, 6.45) is 2.58. The largest absolute Gasteiger partial charge is 0.497 e. The van der Waals surface area contributed by atoms with E-state index in [2.05, 4.69) is 10.6 Å². The quantitative estimate of drug-likeness (QED) is 0.551. The molecule has 0 unspecified atom stereocenters. The second-order valence-electron chi connectivity index (χ2n) is 6.15. The maximum Gasteiger partial charge on any atom is 0.262 e. The number of carbonyl (C=O) groups is 2. The van der Waals surface area contributed by atoms with Gasteiger partial charge in [-0.25, -0.2) is 0 Å². The number of rotatable bonds is 7. The van der Waals surface area contributed by atoms with Gasteiger partial charge in [0.1, 0.15) is 5.75 Å². The van der Waals surface area contributed by atoms with E-state index in [-0.39, 0.29) is 11.8 Å². The molecular formula is C21H22N2O4S. The molecule has 28 heavy (non-hydrogen) atoms. The van der Waals surface area contributed by atoms with Crippen LogP contribution in [0.2, 0.25) is 0 Å². The molecule has 6 nitrogen and oxygen atoms in total. The number of thioether (sulfide) groups is 1. The minimum Gasteiger partial charge on any atom is -0.497 e. The molecule has 3 rings (SSSR count). The molecule has 1 heterocycles. The Labute approximate surface area is 168 Å². The average molecular weight is 398 g/mol. The van der Waals surface area contributed by atoms with Crippen molar-refractivity contribution in [3.8, 4) is 5.75 Å². The molecule has 0 bridgehead atoms. The predicted molar refractivity (Wildman–Crippen MR) is 111 cm³/mol. The molecule has 1 aliphatic heterocycles. The van der Waals surface area contributed by atoms with E-state index in [1.165, 1.54) is 11.8 Å². The lowest BCUT2D eigenvalue weighted by Gasteiger charge is -2.19. The maximum atomic E-state index is 12.5. The van der Waals surface area contributed by atoms with E-state index >= 15 is 0 Å². The van der Waals surface area contributed by atoms with Crippen LogP contribution in [-0.2, 0) is 9.53 Å². The number of nitrogens with one attached hydrogen (secondary N) is 2. The van der Waals surface area contributed by atoms with Crippen LogP contribution in [0.4, 0.5) is 5.69 Å². The van der Waals surface area contributed by atoms with Crippen LogP contribution in [0, 0.1) is 0 Å². The molecule has 2 amide bonds. The van der Waals surface area contributed by atoms with Crippen molar-refractivity contribution < 1.29 is 19.1 Å². The van der Waals surface area contributed by atoms with E-state index in [4.69, 9.17) is 9.47 Å². The summed E-state index contributed by atoms with van der Waals surface area (Å²) < 4.78 is 10.1. The summed E-state index contributed by atoms with van der Waals surface area (Å²) in [7, 11) is 3.24. The third-order valence-corrected chi connectivity index (χ3v) is 5.26. The van der Waals surface area contributed by atoms with Crippen molar-refractivity contribution in [3.63, 3.8) is 0 Å². The lowest BCUT2D eigenvalue weighted by molar-refractivity contribution is -0.112. The molecule has 2 aromatic carbocycles. The highest BCUT2D eigenvalue weighted by atomic mass is 32.2. The zero-order valence-electron chi connectivity index (χ0n) is 15.8. The normalized spacial score (nSPS) is 14.4. The van der Waals surface area contributed by atoms with Gasteiger partial charge in [0.2, 0.25) is 0 Å². The molecule has 0 spiro atoms. The Kier molecular flexibility index (Phi) is 6.73. The SMILES string of the molecule is COCCCNC(=O)c1ccc2c(c1)NC(=O)/C(=C\c1ccc(OC)cc1)S2. The van der Waals surface area contributed by atoms with Crippen LogP contribution in [0.25, 0.3) is 6.08 Å². The summed E-state index contributed by atoms with van der Waals surface area (Å²) in [5.74, 6) is 0.407.